The average Bonchev–Trinajstić information content (AvgIpc) is 2.92. The van der Waals surface area contributed by atoms with Gasteiger partial charge in [0, 0.05) is 6.07 Å². The van der Waals surface area contributed by atoms with Crippen LogP contribution >= 0.6 is 0 Å². The third-order valence-corrected chi connectivity index (χ3v) is 6.45. The minimum Gasteiger partial charge on any atom is -0.489 e. The van der Waals surface area contributed by atoms with E-state index in [0.717, 1.165) is 22.4 Å². The number of aryl methyl sites for hydroxylation is 1. The second-order valence-corrected chi connectivity index (χ2v) is 9.08. The van der Waals surface area contributed by atoms with Gasteiger partial charge in [0.1, 0.15) is 49.1 Å². The molecule has 0 aromatic heterocycles. The lowest BCUT2D eigenvalue weighted by Crippen LogP contribution is -2.58. The molecule has 1 aliphatic heterocycles. The molecular formula is C29H34O7. The Labute approximate surface area is 211 Å². The van der Waals surface area contributed by atoms with Gasteiger partial charge in [-0.3, -0.25) is 0 Å². The van der Waals surface area contributed by atoms with E-state index in [1.807, 2.05) is 78.9 Å². The topological polar surface area (TPSA) is 109 Å². The molecule has 0 amide bonds. The Morgan fingerprint density at radius 1 is 0.694 bits per heavy atom. The Bertz CT molecular complexity index is 1060. The molecule has 4 N–H and O–H groups in total. The van der Waals surface area contributed by atoms with Gasteiger partial charge in [0.2, 0.25) is 0 Å². The number of benzene rings is 3. The lowest BCUT2D eigenvalue weighted by atomic mass is 9.92. The van der Waals surface area contributed by atoms with Crippen molar-refractivity contribution in [2.24, 2.45) is 0 Å². The fourth-order valence-corrected chi connectivity index (χ4v) is 4.35. The summed E-state index contributed by atoms with van der Waals surface area (Å²) in [6, 6.07) is 25.7. The van der Waals surface area contributed by atoms with Gasteiger partial charge < -0.3 is 34.6 Å². The number of aliphatic hydroxyl groups excluding tert-OH is 4. The van der Waals surface area contributed by atoms with Crippen LogP contribution in [0.3, 0.4) is 0 Å². The van der Waals surface area contributed by atoms with Crippen molar-refractivity contribution in [2.45, 2.75) is 63.0 Å². The van der Waals surface area contributed by atoms with Gasteiger partial charge in [-0.05, 0) is 42.0 Å². The van der Waals surface area contributed by atoms with Crippen LogP contribution in [0.2, 0.25) is 0 Å². The Balaban J connectivity index is 1.41. The molecule has 1 heterocycles. The molecule has 0 unspecified atom stereocenters. The Hall–Kier alpha value is -2.94. The highest BCUT2D eigenvalue weighted by atomic mass is 16.5. The number of aliphatic hydroxyl groups is 4. The van der Waals surface area contributed by atoms with Gasteiger partial charge in [-0.15, -0.1) is 0 Å². The van der Waals surface area contributed by atoms with Crippen molar-refractivity contribution >= 4 is 0 Å². The summed E-state index contributed by atoms with van der Waals surface area (Å²) in [5.41, 5.74) is 3.12. The first-order chi connectivity index (χ1) is 17.5. The molecule has 4 rings (SSSR count). The molecule has 0 aliphatic carbocycles. The van der Waals surface area contributed by atoms with Gasteiger partial charge in [-0.25, -0.2) is 0 Å². The minimum atomic E-state index is -1.35. The van der Waals surface area contributed by atoms with E-state index in [0.29, 0.717) is 38.2 Å². The lowest BCUT2D eigenvalue weighted by Gasteiger charge is -2.40. The first-order valence-electron chi connectivity index (χ1n) is 12.3. The summed E-state index contributed by atoms with van der Waals surface area (Å²) in [7, 11) is 0. The molecular weight excluding hydrogens is 460 g/mol. The minimum absolute atomic E-state index is 0.419. The Morgan fingerprint density at radius 3 is 1.94 bits per heavy atom. The van der Waals surface area contributed by atoms with Gasteiger partial charge in [-0.1, -0.05) is 66.7 Å². The van der Waals surface area contributed by atoms with E-state index in [9.17, 15) is 20.4 Å². The number of ether oxygens (including phenoxy) is 3. The van der Waals surface area contributed by atoms with Gasteiger partial charge in [0.15, 0.2) is 0 Å². The SMILES string of the molecule is OC[C@H]1O[C@@H](CCCc2ccc(OCc3ccccc3)cc2OCc2ccccc2)[C@H](O)[C@@H](O)[C@@H]1O. The van der Waals surface area contributed by atoms with Crippen LogP contribution in [0.5, 0.6) is 11.5 Å². The molecule has 0 bridgehead atoms. The molecule has 7 heteroatoms. The van der Waals surface area contributed by atoms with Crippen molar-refractivity contribution < 1.29 is 34.6 Å². The first-order valence-corrected chi connectivity index (χ1v) is 12.3. The van der Waals surface area contributed by atoms with E-state index in [2.05, 4.69) is 0 Å². The van der Waals surface area contributed by atoms with Gasteiger partial charge in [-0.2, -0.15) is 0 Å². The summed E-state index contributed by atoms with van der Waals surface area (Å²) < 4.78 is 17.8. The van der Waals surface area contributed by atoms with Crippen molar-refractivity contribution in [3.63, 3.8) is 0 Å². The predicted molar refractivity (Wildman–Crippen MR) is 135 cm³/mol. The van der Waals surface area contributed by atoms with Crippen LogP contribution in [-0.2, 0) is 24.4 Å². The van der Waals surface area contributed by atoms with Crippen molar-refractivity contribution in [1.29, 1.82) is 0 Å². The van der Waals surface area contributed by atoms with Crippen LogP contribution in [0, 0.1) is 0 Å². The van der Waals surface area contributed by atoms with E-state index >= 15 is 0 Å². The van der Waals surface area contributed by atoms with Crippen LogP contribution in [0.4, 0.5) is 0 Å². The quantitative estimate of drug-likeness (QED) is 0.325. The summed E-state index contributed by atoms with van der Waals surface area (Å²) >= 11 is 0. The number of hydrogen-bond acceptors (Lipinski definition) is 7. The lowest BCUT2D eigenvalue weighted by molar-refractivity contribution is -0.230. The zero-order chi connectivity index (χ0) is 25.3. The molecule has 7 nitrogen and oxygen atoms in total. The van der Waals surface area contributed by atoms with Crippen LogP contribution in [0.15, 0.2) is 78.9 Å². The molecule has 1 aliphatic rings. The number of hydrogen-bond donors (Lipinski definition) is 4. The Morgan fingerprint density at radius 2 is 1.31 bits per heavy atom. The fraction of sp³-hybridized carbons (Fsp3) is 0.379. The van der Waals surface area contributed by atoms with Crippen LogP contribution in [0.25, 0.3) is 0 Å². The van der Waals surface area contributed by atoms with Crippen LogP contribution in [-0.4, -0.2) is 57.6 Å². The van der Waals surface area contributed by atoms with Gasteiger partial charge >= 0.3 is 0 Å². The fourth-order valence-electron chi connectivity index (χ4n) is 4.35. The molecule has 0 spiro atoms. The zero-order valence-corrected chi connectivity index (χ0v) is 20.1. The summed E-state index contributed by atoms with van der Waals surface area (Å²) in [5, 5.41) is 39.8. The second-order valence-electron chi connectivity index (χ2n) is 9.08. The molecule has 0 saturated carbocycles. The standard InChI is InChI=1S/C29H34O7/c30-17-26-28(32)29(33)27(31)24(36-26)13-7-12-22-14-15-23(34-18-20-8-3-1-4-9-20)16-25(22)35-19-21-10-5-2-6-11-21/h1-6,8-11,14-16,24,26-33H,7,12-13,17-19H2/t24-,26+,27-,28+,29+/m0/s1. The van der Waals surface area contributed by atoms with Crippen molar-refractivity contribution in [2.75, 3.05) is 6.61 Å². The molecule has 1 fully saturated rings. The highest BCUT2D eigenvalue weighted by Gasteiger charge is 2.42. The molecule has 36 heavy (non-hydrogen) atoms. The maximum atomic E-state index is 10.3. The monoisotopic (exact) mass is 494 g/mol. The van der Waals surface area contributed by atoms with Crippen molar-refractivity contribution in [1.82, 2.24) is 0 Å². The van der Waals surface area contributed by atoms with Gasteiger partial charge in [0.25, 0.3) is 0 Å². The van der Waals surface area contributed by atoms with E-state index in [1.165, 1.54) is 0 Å². The van der Waals surface area contributed by atoms with Crippen molar-refractivity contribution in [3.05, 3.63) is 95.6 Å². The van der Waals surface area contributed by atoms with Crippen LogP contribution < -0.4 is 9.47 Å². The van der Waals surface area contributed by atoms with E-state index in [-0.39, 0.29) is 0 Å². The average molecular weight is 495 g/mol. The van der Waals surface area contributed by atoms with Gasteiger partial charge in [0.05, 0.1) is 12.7 Å². The molecule has 1 saturated heterocycles. The highest BCUT2D eigenvalue weighted by Crippen LogP contribution is 2.30. The molecule has 192 valence electrons. The highest BCUT2D eigenvalue weighted by molar-refractivity contribution is 5.41. The summed E-state index contributed by atoms with van der Waals surface area (Å²) in [4.78, 5) is 0. The first kappa shape index (κ1) is 26.1. The van der Waals surface area contributed by atoms with E-state index in [4.69, 9.17) is 14.2 Å². The summed E-state index contributed by atoms with van der Waals surface area (Å²) in [6.45, 7) is 0.446. The molecule has 0 radical (unpaired) electrons. The predicted octanol–water partition coefficient (Wildman–Crippen LogP) is 3.01. The largest absolute Gasteiger partial charge is 0.489 e. The summed E-state index contributed by atoms with van der Waals surface area (Å²) in [6.07, 6.45) is -3.74. The Kier molecular flexibility index (Phi) is 9.33. The van der Waals surface area contributed by atoms with Crippen LogP contribution in [0.1, 0.15) is 29.5 Å². The normalized spacial score (nSPS) is 23.8. The van der Waals surface area contributed by atoms with Crippen molar-refractivity contribution in [3.8, 4) is 11.5 Å². The maximum absolute atomic E-state index is 10.3. The third kappa shape index (κ3) is 6.84. The molecule has 5 atom stereocenters. The maximum Gasteiger partial charge on any atom is 0.126 e. The smallest absolute Gasteiger partial charge is 0.126 e. The molecule has 3 aromatic carbocycles. The van der Waals surface area contributed by atoms with E-state index < -0.39 is 37.1 Å². The molecule has 3 aromatic rings. The third-order valence-electron chi connectivity index (χ3n) is 6.45. The van der Waals surface area contributed by atoms with E-state index in [1.54, 1.807) is 0 Å². The second kappa shape index (κ2) is 12.9. The summed E-state index contributed by atoms with van der Waals surface area (Å²) in [5.74, 6) is 1.43. The number of rotatable bonds is 11. The zero-order valence-electron chi connectivity index (χ0n) is 20.1.